The van der Waals surface area contributed by atoms with Crippen LogP contribution in [0, 0.1) is 0 Å². The van der Waals surface area contributed by atoms with Gasteiger partial charge in [-0.2, -0.15) is 0 Å². The minimum Gasteiger partial charge on any atom is -0.460 e. The maximum absolute atomic E-state index is 12.8. The Balaban J connectivity index is 1.46. The third-order valence-electron chi connectivity index (χ3n) is 4.69. The van der Waals surface area contributed by atoms with Crippen LogP contribution in [-0.4, -0.2) is 39.4 Å². The average molecular weight is 466 g/mol. The largest absolute Gasteiger partial charge is 0.460 e. The van der Waals surface area contributed by atoms with Crippen molar-refractivity contribution in [3.05, 3.63) is 88.5 Å². The summed E-state index contributed by atoms with van der Waals surface area (Å²) in [5.74, 6) is 0.494. The molecular formula is C24H19NO5S2. The van der Waals surface area contributed by atoms with Crippen LogP contribution in [0.3, 0.4) is 0 Å². The molecule has 1 N–H and O–H groups in total. The van der Waals surface area contributed by atoms with E-state index in [1.165, 1.54) is 11.8 Å². The summed E-state index contributed by atoms with van der Waals surface area (Å²) in [5.41, 5.74) is 2.17. The van der Waals surface area contributed by atoms with Gasteiger partial charge in [-0.1, -0.05) is 66.4 Å². The van der Waals surface area contributed by atoms with E-state index >= 15 is 0 Å². The van der Waals surface area contributed by atoms with E-state index in [0.717, 1.165) is 11.1 Å². The number of benzene rings is 2. The molecule has 162 valence electrons. The first-order valence-corrected chi connectivity index (χ1v) is 11.0. The van der Waals surface area contributed by atoms with E-state index in [2.05, 4.69) is 0 Å². The molecule has 2 aromatic carbocycles. The average Bonchev–Trinajstić information content (AvgIpc) is 3.38. The maximum atomic E-state index is 12.8. The first kappa shape index (κ1) is 22.0. The molecule has 0 saturated carbocycles. The number of hydrogen-bond donors (Lipinski definition) is 1. The Bertz CT molecular complexity index is 1170. The number of ether oxygens (including phenoxy) is 1. The lowest BCUT2D eigenvalue weighted by Crippen LogP contribution is -2.27. The Morgan fingerprint density at radius 1 is 1.09 bits per heavy atom. The van der Waals surface area contributed by atoms with Gasteiger partial charge < -0.3 is 14.3 Å². The van der Waals surface area contributed by atoms with Gasteiger partial charge in [0.25, 0.3) is 5.91 Å². The number of rotatable bonds is 7. The highest BCUT2D eigenvalue weighted by Crippen LogP contribution is 2.34. The number of carbonyl (C=O) groups is 2. The predicted octanol–water partition coefficient (Wildman–Crippen LogP) is 4.50. The number of aliphatic hydroxyl groups excluding tert-OH is 1. The number of aliphatic hydroxyl groups is 1. The Labute approximate surface area is 194 Å². The van der Waals surface area contributed by atoms with Gasteiger partial charge in [-0.3, -0.25) is 9.69 Å². The fourth-order valence-electron chi connectivity index (χ4n) is 3.11. The number of nitrogens with zero attached hydrogens (tertiary/aromatic N) is 1. The Hall–Kier alpha value is -3.20. The lowest BCUT2D eigenvalue weighted by Gasteiger charge is -2.14. The quantitative estimate of drug-likeness (QED) is 0.313. The number of esters is 1. The van der Waals surface area contributed by atoms with E-state index in [1.807, 2.05) is 30.3 Å². The van der Waals surface area contributed by atoms with Crippen molar-refractivity contribution >= 4 is 46.3 Å². The summed E-state index contributed by atoms with van der Waals surface area (Å²) in [6.45, 7) is 0.170. The molecule has 0 unspecified atom stereocenters. The Morgan fingerprint density at radius 3 is 2.56 bits per heavy atom. The van der Waals surface area contributed by atoms with Gasteiger partial charge in [0, 0.05) is 11.6 Å². The molecule has 0 radical (unpaired) electrons. The zero-order valence-electron chi connectivity index (χ0n) is 16.9. The van der Waals surface area contributed by atoms with Gasteiger partial charge in [0.05, 0.1) is 23.6 Å². The van der Waals surface area contributed by atoms with Crippen molar-refractivity contribution in [3.8, 4) is 11.3 Å². The van der Waals surface area contributed by atoms with E-state index in [9.17, 15) is 9.59 Å². The second-order valence-electron chi connectivity index (χ2n) is 6.89. The number of amides is 1. The molecule has 0 bridgehead atoms. The summed E-state index contributed by atoms with van der Waals surface area (Å²) in [6, 6.07) is 20.0. The lowest BCUT2D eigenvalue weighted by atomic mass is 10.1. The summed E-state index contributed by atoms with van der Waals surface area (Å²) in [4.78, 5) is 26.8. The third-order valence-corrected chi connectivity index (χ3v) is 6.06. The molecule has 0 atom stereocenters. The smallest absolute Gasteiger partial charge is 0.338 e. The molecule has 3 aromatic rings. The van der Waals surface area contributed by atoms with E-state index in [0.29, 0.717) is 32.9 Å². The van der Waals surface area contributed by atoms with Crippen molar-refractivity contribution in [2.75, 3.05) is 13.2 Å². The van der Waals surface area contributed by atoms with E-state index in [4.69, 9.17) is 26.5 Å². The zero-order valence-corrected chi connectivity index (χ0v) is 18.5. The van der Waals surface area contributed by atoms with E-state index < -0.39 is 5.97 Å². The molecule has 1 fully saturated rings. The second kappa shape index (κ2) is 9.95. The molecule has 1 aliphatic heterocycles. The van der Waals surface area contributed by atoms with E-state index in [-0.39, 0.29) is 19.1 Å². The van der Waals surface area contributed by atoms with Crippen LogP contribution in [0.25, 0.3) is 17.4 Å². The normalized spacial score (nSPS) is 14.9. The first-order valence-electron chi connectivity index (χ1n) is 9.82. The number of thiocarbonyl (C=S) groups is 1. The molecule has 4 rings (SSSR count). The summed E-state index contributed by atoms with van der Waals surface area (Å²) in [7, 11) is 0. The molecule has 32 heavy (non-hydrogen) atoms. The molecule has 1 aliphatic rings. The molecule has 2 heterocycles. The number of hydrogen-bond acceptors (Lipinski definition) is 7. The zero-order chi connectivity index (χ0) is 22.5. The monoisotopic (exact) mass is 465 g/mol. The van der Waals surface area contributed by atoms with Crippen LogP contribution in [0.2, 0.25) is 0 Å². The number of carbonyl (C=O) groups excluding carboxylic acids is 2. The molecular weight excluding hydrogens is 446 g/mol. The van der Waals surface area contributed by atoms with E-state index in [1.54, 1.807) is 47.4 Å². The van der Waals surface area contributed by atoms with Crippen molar-refractivity contribution in [1.29, 1.82) is 0 Å². The lowest BCUT2D eigenvalue weighted by molar-refractivity contribution is -0.122. The predicted molar refractivity (Wildman–Crippen MR) is 127 cm³/mol. The first-order chi connectivity index (χ1) is 15.5. The highest BCUT2D eigenvalue weighted by atomic mass is 32.2. The topological polar surface area (TPSA) is 80.0 Å². The number of furan rings is 1. The van der Waals surface area contributed by atoms with Crippen LogP contribution >= 0.6 is 24.0 Å². The van der Waals surface area contributed by atoms with Crippen molar-refractivity contribution in [2.45, 2.75) is 6.54 Å². The van der Waals surface area contributed by atoms with Crippen molar-refractivity contribution in [1.82, 2.24) is 4.90 Å². The highest BCUT2D eigenvalue weighted by Gasteiger charge is 2.32. The summed E-state index contributed by atoms with van der Waals surface area (Å²) in [5, 5.41) is 8.74. The van der Waals surface area contributed by atoms with Gasteiger partial charge in [-0.25, -0.2) is 4.79 Å². The minimum atomic E-state index is -0.497. The number of thioether (sulfide) groups is 1. The van der Waals surface area contributed by atoms with Crippen LogP contribution in [0.1, 0.15) is 21.7 Å². The van der Waals surface area contributed by atoms with Crippen molar-refractivity contribution < 1.29 is 23.8 Å². The fraction of sp³-hybridized carbons (Fsp3) is 0.125. The molecule has 1 aromatic heterocycles. The van der Waals surface area contributed by atoms with Gasteiger partial charge in [0.1, 0.15) is 22.4 Å². The van der Waals surface area contributed by atoms with Gasteiger partial charge in [-0.15, -0.1) is 0 Å². The summed E-state index contributed by atoms with van der Waals surface area (Å²) < 4.78 is 11.3. The summed E-state index contributed by atoms with van der Waals surface area (Å²) in [6.07, 6.45) is 1.69. The molecule has 1 amide bonds. The van der Waals surface area contributed by atoms with Gasteiger partial charge in [0.15, 0.2) is 0 Å². The van der Waals surface area contributed by atoms with Crippen LogP contribution in [0.4, 0.5) is 0 Å². The molecule has 1 saturated heterocycles. The molecule has 8 heteroatoms. The van der Waals surface area contributed by atoms with Crippen LogP contribution in [0.15, 0.2) is 76.1 Å². The van der Waals surface area contributed by atoms with Gasteiger partial charge >= 0.3 is 5.97 Å². The van der Waals surface area contributed by atoms with Crippen LogP contribution in [-0.2, 0) is 16.1 Å². The molecule has 0 spiro atoms. The maximum Gasteiger partial charge on any atom is 0.338 e. The van der Waals surface area contributed by atoms with Gasteiger partial charge in [-0.05, 0) is 29.8 Å². The van der Waals surface area contributed by atoms with Crippen LogP contribution in [0.5, 0.6) is 0 Å². The molecule has 0 aliphatic carbocycles. The van der Waals surface area contributed by atoms with Gasteiger partial charge in [0.2, 0.25) is 0 Å². The fourth-order valence-corrected chi connectivity index (χ4v) is 4.34. The minimum absolute atomic E-state index is 0.0419. The Morgan fingerprint density at radius 2 is 1.84 bits per heavy atom. The van der Waals surface area contributed by atoms with Crippen molar-refractivity contribution in [2.24, 2.45) is 0 Å². The van der Waals surface area contributed by atoms with Crippen LogP contribution < -0.4 is 0 Å². The summed E-state index contributed by atoms with van der Waals surface area (Å²) >= 11 is 6.65. The SMILES string of the molecule is O=C(OCCO)c1ccc(-c2ccc(/C=C3/SC(=S)N(Cc4ccccc4)C3=O)o2)cc1. The molecule has 6 nitrogen and oxygen atoms in total. The second-order valence-corrected chi connectivity index (χ2v) is 8.57. The Kier molecular flexibility index (Phi) is 6.84. The third kappa shape index (κ3) is 4.99. The standard InChI is InChI=1S/C24H19NO5S2/c26-12-13-29-23(28)18-8-6-17(7-9-18)20-11-10-19(30-20)14-21-22(27)25(24(31)32-21)15-16-4-2-1-3-5-16/h1-11,14,26H,12-13,15H2/b21-14+. The highest BCUT2D eigenvalue weighted by molar-refractivity contribution is 8.26. The van der Waals surface area contributed by atoms with Crippen molar-refractivity contribution in [3.63, 3.8) is 0 Å².